The Morgan fingerprint density at radius 2 is 2.06 bits per heavy atom. The zero-order chi connectivity index (χ0) is 11.7. The van der Waals surface area contributed by atoms with Gasteiger partial charge in [0.05, 0.1) is 12.2 Å². The fraction of sp³-hybridized carbons (Fsp3) is 0.182. The molecule has 0 fully saturated rings. The minimum absolute atomic E-state index is 0.334. The van der Waals surface area contributed by atoms with E-state index in [1.54, 1.807) is 6.92 Å². The molecule has 0 saturated heterocycles. The summed E-state index contributed by atoms with van der Waals surface area (Å²) in [6, 6.07) is 3.18. The molecule has 2 aromatic rings. The molecule has 0 aliphatic rings. The fourth-order valence-electron chi connectivity index (χ4n) is 1.28. The van der Waals surface area contributed by atoms with Gasteiger partial charge in [-0.2, -0.15) is 0 Å². The van der Waals surface area contributed by atoms with Crippen molar-refractivity contribution < 1.29 is 13.2 Å². The van der Waals surface area contributed by atoms with Crippen molar-refractivity contribution in [1.29, 1.82) is 0 Å². The number of nitrogens with two attached hydrogens (primary N) is 1. The number of aromatic nitrogens is 1. The van der Waals surface area contributed by atoms with Crippen LogP contribution in [0.3, 0.4) is 0 Å². The Labute approximate surface area is 90.9 Å². The molecule has 0 aliphatic carbocycles. The van der Waals surface area contributed by atoms with Gasteiger partial charge in [0.25, 0.3) is 0 Å². The molecule has 16 heavy (non-hydrogen) atoms. The number of hydrogen-bond acceptors (Lipinski definition) is 3. The lowest BCUT2D eigenvalue weighted by Gasteiger charge is -1.99. The van der Waals surface area contributed by atoms with Gasteiger partial charge in [-0.25, -0.2) is 13.8 Å². The van der Waals surface area contributed by atoms with Crippen molar-refractivity contribution in [2.45, 2.75) is 13.0 Å². The van der Waals surface area contributed by atoms with E-state index in [0.717, 1.165) is 12.1 Å². The van der Waals surface area contributed by atoms with Crippen molar-refractivity contribution in [2.75, 3.05) is 0 Å². The number of benzene rings is 1. The SMILES string of the molecule is CC(N)c1ncc(-c2ccc(F)c(F)c2)o1. The molecule has 1 aromatic heterocycles. The molecular weight excluding hydrogens is 214 g/mol. The van der Waals surface area contributed by atoms with E-state index in [-0.39, 0.29) is 6.04 Å². The van der Waals surface area contributed by atoms with Gasteiger partial charge in [-0.05, 0) is 25.1 Å². The van der Waals surface area contributed by atoms with Crippen LogP contribution in [0.1, 0.15) is 18.9 Å². The van der Waals surface area contributed by atoms with Crippen LogP contribution in [0.4, 0.5) is 8.78 Å². The number of rotatable bonds is 2. The van der Waals surface area contributed by atoms with E-state index in [9.17, 15) is 8.78 Å². The lowest BCUT2D eigenvalue weighted by atomic mass is 10.2. The summed E-state index contributed by atoms with van der Waals surface area (Å²) in [6.45, 7) is 1.72. The molecule has 1 unspecified atom stereocenters. The third-order valence-electron chi connectivity index (χ3n) is 2.12. The van der Waals surface area contributed by atoms with Crippen molar-refractivity contribution in [2.24, 2.45) is 5.73 Å². The van der Waals surface area contributed by atoms with Gasteiger partial charge in [-0.3, -0.25) is 0 Å². The summed E-state index contributed by atoms with van der Waals surface area (Å²) in [5.41, 5.74) is 6.00. The molecule has 1 aromatic carbocycles. The van der Waals surface area contributed by atoms with Gasteiger partial charge in [-0.1, -0.05) is 0 Å². The van der Waals surface area contributed by atoms with Crippen LogP contribution in [0.25, 0.3) is 11.3 Å². The minimum Gasteiger partial charge on any atom is -0.439 e. The first kappa shape index (κ1) is 10.8. The number of nitrogens with zero attached hydrogens (tertiary/aromatic N) is 1. The molecule has 0 spiro atoms. The maximum atomic E-state index is 13.0. The molecule has 3 nitrogen and oxygen atoms in total. The van der Waals surface area contributed by atoms with E-state index in [4.69, 9.17) is 10.2 Å². The Bertz CT molecular complexity index is 508. The second-order valence-electron chi connectivity index (χ2n) is 3.48. The highest BCUT2D eigenvalue weighted by Gasteiger charge is 2.11. The zero-order valence-electron chi connectivity index (χ0n) is 8.58. The van der Waals surface area contributed by atoms with E-state index in [1.807, 2.05) is 0 Å². The fourth-order valence-corrected chi connectivity index (χ4v) is 1.28. The first-order valence-corrected chi connectivity index (χ1v) is 4.74. The monoisotopic (exact) mass is 224 g/mol. The molecule has 2 N–H and O–H groups in total. The summed E-state index contributed by atoms with van der Waals surface area (Å²) < 4.78 is 31.0. The Hall–Kier alpha value is -1.75. The molecule has 0 saturated carbocycles. The molecule has 1 heterocycles. The quantitative estimate of drug-likeness (QED) is 0.853. The van der Waals surface area contributed by atoms with Crippen LogP contribution in [0, 0.1) is 11.6 Å². The zero-order valence-corrected chi connectivity index (χ0v) is 8.58. The lowest BCUT2D eigenvalue weighted by Crippen LogP contribution is -2.04. The van der Waals surface area contributed by atoms with Crippen molar-refractivity contribution in [3.05, 3.63) is 41.9 Å². The summed E-state index contributed by atoms with van der Waals surface area (Å²) in [5.74, 6) is -1.09. The average molecular weight is 224 g/mol. The molecule has 0 amide bonds. The predicted molar refractivity (Wildman–Crippen MR) is 54.5 cm³/mol. The molecule has 84 valence electrons. The highest BCUT2D eigenvalue weighted by atomic mass is 19.2. The number of halogens is 2. The van der Waals surface area contributed by atoms with Crippen LogP contribution in [-0.2, 0) is 0 Å². The van der Waals surface area contributed by atoms with Gasteiger partial charge in [-0.15, -0.1) is 0 Å². The van der Waals surface area contributed by atoms with Gasteiger partial charge in [0.2, 0.25) is 5.89 Å². The number of hydrogen-bond donors (Lipinski definition) is 1. The normalized spacial score (nSPS) is 12.8. The standard InChI is InChI=1S/C11H10F2N2O/c1-6(14)11-15-5-10(16-11)7-2-3-8(12)9(13)4-7/h2-6H,14H2,1H3. The van der Waals surface area contributed by atoms with Crippen LogP contribution in [-0.4, -0.2) is 4.98 Å². The Morgan fingerprint density at radius 3 is 2.62 bits per heavy atom. The van der Waals surface area contributed by atoms with Crippen molar-refractivity contribution in [3.8, 4) is 11.3 Å². The van der Waals surface area contributed by atoms with Crippen molar-refractivity contribution >= 4 is 0 Å². The van der Waals surface area contributed by atoms with Gasteiger partial charge < -0.3 is 10.2 Å². The van der Waals surface area contributed by atoms with Gasteiger partial charge in [0, 0.05) is 5.56 Å². The molecule has 0 bridgehead atoms. The van der Waals surface area contributed by atoms with Crippen molar-refractivity contribution in [3.63, 3.8) is 0 Å². The maximum absolute atomic E-state index is 13.0. The van der Waals surface area contributed by atoms with Gasteiger partial charge >= 0.3 is 0 Å². The molecule has 0 radical (unpaired) electrons. The average Bonchev–Trinajstić information content (AvgIpc) is 2.71. The van der Waals surface area contributed by atoms with E-state index >= 15 is 0 Å². The first-order valence-electron chi connectivity index (χ1n) is 4.74. The lowest BCUT2D eigenvalue weighted by molar-refractivity contribution is 0.472. The Morgan fingerprint density at radius 1 is 1.31 bits per heavy atom. The van der Waals surface area contributed by atoms with E-state index in [2.05, 4.69) is 4.98 Å². The second kappa shape index (κ2) is 4.02. The third kappa shape index (κ3) is 1.94. The molecule has 5 heteroatoms. The third-order valence-corrected chi connectivity index (χ3v) is 2.12. The van der Waals surface area contributed by atoms with Gasteiger partial charge in [0.15, 0.2) is 17.4 Å². The maximum Gasteiger partial charge on any atom is 0.211 e. The second-order valence-corrected chi connectivity index (χ2v) is 3.48. The summed E-state index contributed by atoms with van der Waals surface area (Å²) in [7, 11) is 0. The van der Waals surface area contributed by atoms with E-state index < -0.39 is 11.6 Å². The van der Waals surface area contributed by atoms with E-state index in [0.29, 0.717) is 17.2 Å². The minimum atomic E-state index is -0.920. The van der Waals surface area contributed by atoms with Crippen LogP contribution < -0.4 is 5.73 Å². The smallest absolute Gasteiger partial charge is 0.211 e. The molecular formula is C11H10F2N2O. The van der Waals surface area contributed by atoms with Crippen LogP contribution in [0.5, 0.6) is 0 Å². The Balaban J connectivity index is 2.39. The first-order chi connectivity index (χ1) is 7.58. The van der Waals surface area contributed by atoms with Crippen LogP contribution in [0.2, 0.25) is 0 Å². The molecule has 0 aliphatic heterocycles. The van der Waals surface area contributed by atoms with E-state index in [1.165, 1.54) is 12.3 Å². The summed E-state index contributed by atoms with van der Waals surface area (Å²) in [5, 5.41) is 0. The highest BCUT2D eigenvalue weighted by molar-refractivity contribution is 5.56. The van der Waals surface area contributed by atoms with Crippen molar-refractivity contribution in [1.82, 2.24) is 4.98 Å². The summed E-state index contributed by atoms with van der Waals surface area (Å²) in [6.07, 6.45) is 1.44. The summed E-state index contributed by atoms with van der Waals surface area (Å²) in [4.78, 5) is 3.94. The predicted octanol–water partition coefficient (Wildman–Crippen LogP) is 2.64. The van der Waals surface area contributed by atoms with Crippen LogP contribution >= 0.6 is 0 Å². The molecule has 1 atom stereocenters. The van der Waals surface area contributed by atoms with Gasteiger partial charge in [0.1, 0.15) is 0 Å². The largest absolute Gasteiger partial charge is 0.439 e. The van der Waals surface area contributed by atoms with Crippen LogP contribution in [0.15, 0.2) is 28.8 Å². The number of oxazole rings is 1. The highest BCUT2D eigenvalue weighted by Crippen LogP contribution is 2.23. The molecule has 2 rings (SSSR count). The Kier molecular flexibility index (Phi) is 2.70. The summed E-state index contributed by atoms with van der Waals surface area (Å²) >= 11 is 0. The topological polar surface area (TPSA) is 52.0 Å².